The van der Waals surface area contributed by atoms with Gasteiger partial charge in [0.1, 0.15) is 0 Å². The van der Waals surface area contributed by atoms with Crippen LogP contribution in [0.4, 0.5) is 5.69 Å². The van der Waals surface area contributed by atoms with Crippen LogP contribution >= 0.6 is 0 Å². The Morgan fingerprint density at radius 2 is 2.07 bits per heavy atom. The average molecular weight is 392 g/mol. The Bertz CT molecular complexity index is 995. The highest BCUT2D eigenvalue weighted by atomic mass is 16.3. The molecule has 1 aliphatic rings. The smallest absolute Gasteiger partial charge is 0.251 e. The first kappa shape index (κ1) is 19.5. The molecule has 3 N–H and O–H groups in total. The molecule has 1 unspecified atom stereocenters. The molecule has 3 aromatic rings. The number of nitrogens with one attached hydrogen (secondary N) is 2. The quantitative estimate of drug-likeness (QED) is 0.625. The summed E-state index contributed by atoms with van der Waals surface area (Å²) in [6.45, 7) is 1.54. The van der Waals surface area contributed by atoms with Gasteiger partial charge >= 0.3 is 0 Å². The summed E-state index contributed by atoms with van der Waals surface area (Å²) in [5.74, 6) is -0.0950. The molecule has 1 atom stereocenters. The zero-order chi connectivity index (χ0) is 20.2. The second kappa shape index (κ2) is 8.70. The van der Waals surface area contributed by atoms with Crippen LogP contribution in [-0.2, 0) is 6.42 Å². The lowest BCUT2D eigenvalue weighted by molar-refractivity contribution is 0.0953. The summed E-state index contributed by atoms with van der Waals surface area (Å²) >= 11 is 0. The van der Waals surface area contributed by atoms with E-state index in [1.165, 1.54) is 10.9 Å². The maximum absolute atomic E-state index is 12.7. The molecule has 0 saturated carbocycles. The molecule has 1 aromatic heterocycles. The van der Waals surface area contributed by atoms with Crippen molar-refractivity contribution in [3.8, 4) is 0 Å². The number of aliphatic hydroxyl groups excluding tert-OH is 1. The molecular formula is C24H29N3O2. The minimum atomic E-state index is -0.524. The Balaban J connectivity index is 1.45. The van der Waals surface area contributed by atoms with Crippen molar-refractivity contribution in [2.45, 2.75) is 38.2 Å². The molecule has 0 spiro atoms. The van der Waals surface area contributed by atoms with Crippen LogP contribution in [0.5, 0.6) is 0 Å². The number of fused-ring (bicyclic) bond motifs is 2. The van der Waals surface area contributed by atoms with E-state index in [2.05, 4.69) is 34.4 Å². The normalized spacial score (nSPS) is 17.3. The molecule has 0 radical (unpaired) electrons. The van der Waals surface area contributed by atoms with Crippen molar-refractivity contribution < 1.29 is 9.90 Å². The number of carbonyl (C=O) groups is 1. The van der Waals surface area contributed by atoms with E-state index in [-0.39, 0.29) is 5.91 Å². The summed E-state index contributed by atoms with van der Waals surface area (Å²) in [5.41, 5.74) is 4.81. The molecule has 2 heterocycles. The Kier molecular flexibility index (Phi) is 5.86. The van der Waals surface area contributed by atoms with Crippen LogP contribution in [0.1, 0.15) is 53.3 Å². The maximum atomic E-state index is 12.7. The van der Waals surface area contributed by atoms with E-state index in [1.54, 1.807) is 0 Å². The number of aromatic amines is 1. The molecule has 0 saturated heterocycles. The number of nitrogens with zero attached hydrogens (tertiary/aromatic N) is 1. The van der Waals surface area contributed by atoms with Crippen LogP contribution in [0.3, 0.4) is 0 Å². The highest BCUT2D eigenvalue weighted by Crippen LogP contribution is 2.32. The first-order chi connectivity index (χ1) is 14.1. The minimum Gasteiger partial charge on any atom is -0.388 e. The standard InChI is InChI=1S/C24H29N3O2/c1-27-14-6-2-3-9-23(28)20-15-17(10-11-22(20)27)24(29)25-13-12-18-16-26-21-8-5-4-7-19(18)21/h4-5,7-8,10-11,15-16,23,26,28H,2-3,6,9,12-14H2,1H3,(H,25,29). The van der Waals surface area contributed by atoms with Gasteiger partial charge in [0.25, 0.3) is 5.91 Å². The number of amides is 1. The van der Waals surface area contributed by atoms with E-state index in [4.69, 9.17) is 0 Å². The molecule has 5 heteroatoms. The van der Waals surface area contributed by atoms with Gasteiger partial charge < -0.3 is 20.3 Å². The van der Waals surface area contributed by atoms with Crippen LogP contribution in [0.25, 0.3) is 10.9 Å². The number of carbonyl (C=O) groups excluding carboxylic acids is 1. The third-order valence-corrected chi connectivity index (χ3v) is 5.89. The van der Waals surface area contributed by atoms with Crippen LogP contribution in [0, 0.1) is 0 Å². The summed E-state index contributed by atoms with van der Waals surface area (Å²) in [5, 5.41) is 14.9. The van der Waals surface area contributed by atoms with E-state index in [0.717, 1.165) is 55.4 Å². The van der Waals surface area contributed by atoms with Gasteiger partial charge in [0.15, 0.2) is 0 Å². The van der Waals surface area contributed by atoms with Crippen LogP contribution < -0.4 is 10.2 Å². The highest BCUT2D eigenvalue weighted by Gasteiger charge is 2.19. The minimum absolute atomic E-state index is 0.0950. The van der Waals surface area contributed by atoms with Crippen molar-refractivity contribution in [2.24, 2.45) is 0 Å². The van der Waals surface area contributed by atoms with E-state index in [1.807, 2.05) is 36.5 Å². The monoisotopic (exact) mass is 391 g/mol. The van der Waals surface area contributed by atoms with Crippen molar-refractivity contribution in [1.29, 1.82) is 0 Å². The lowest BCUT2D eigenvalue weighted by atomic mass is 9.99. The maximum Gasteiger partial charge on any atom is 0.251 e. The van der Waals surface area contributed by atoms with Crippen LogP contribution in [-0.4, -0.2) is 36.1 Å². The topological polar surface area (TPSA) is 68.4 Å². The molecule has 0 aliphatic carbocycles. The second-order valence-electron chi connectivity index (χ2n) is 7.93. The fourth-order valence-electron chi connectivity index (χ4n) is 4.20. The number of para-hydroxylation sites is 1. The summed E-state index contributed by atoms with van der Waals surface area (Å²) in [4.78, 5) is 18.2. The molecule has 1 aliphatic heterocycles. The molecule has 0 bridgehead atoms. The SMILES string of the molecule is CN1CCCCCC(O)c2cc(C(=O)NCCc3c[nH]c4ccccc34)ccc21. The van der Waals surface area contributed by atoms with Crippen molar-refractivity contribution in [3.63, 3.8) is 0 Å². The zero-order valence-corrected chi connectivity index (χ0v) is 16.9. The predicted molar refractivity (Wildman–Crippen MR) is 117 cm³/mol. The fraction of sp³-hybridized carbons (Fsp3) is 0.375. The predicted octanol–water partition coefficient (Wildman–Crippen LogP) is 4.18. The number of benzene rings is 2. The fourth-order valence-corrected chi connectivity index (χ4v) is 4.20. The number of hydrogen-bond donors (Lipinski definition) is 3. The van der Waals surface area contributed by atoms with Gasteiger partial charge in [0.2, 0.25) is 0 Å². The zero-order valence-electron chi connectivity index (χ0n) is 16.9. The number of rotatable bonds is 4. The molecule has 152 valence electrons. The van der Waals surface area contributed by atoms with E-state index in [9.17, 15) is 9.90 Å². The van der Waals surface area contributed by atoms with E-state index >= 15 is 0 Å². The highest BCUT2D eigenvalue weighted by molar-refractivity contribution is 5.95. The van der Waals surface area contributed by atoms with Gasteiger partial charge in [-0.25, -0.2) is 0 Å². The number of hydrogen-bond acceptors (Lipinski definition) is 3. The molecule has 1 amide bonds. The van der Waals surface area contributed by atoms with Gasteiger partial charge in [0.05, 0.1) is 6.10 Å². The largest absolute Gasteiger partial charge is 0.388 e. The Morgan fingerprint density at radius 1 is 1.21 bits per heavy atom. The Labute approximate surface area is 171 Å². The summed E-state index contributed by atoms with van der Waals surface area (Å²) in [6.07, 6.45) is 6.25. The number of H-pyrrole nitrogens is 1. The molecular weight excluding hydrogens is 362 g/mol. The molecule has 5 nitrogen and oxygen atoms in total. The second-order valence-corrected chi connectivity index (χ2v) is 7.93. The Hall–Kier alpha value is -2.79. The van der Waals surface area contributed by atoms with E-state index in [0.29, 0.717) is 12.1 Å². The lowest BCUT2D eigenvalue weighted by Gasteiger charge is -2.24. The Morgan fingerprint density at radius 3 is 2.97 bits per heavy atom. The van der Waals surface area contributed by atoms with Crippen molar-refractivity contribution in [3.05, 3.63) is 65.4 Å². The van der Waals surface area contributed by atoms with Crippen molar-refractivity contribution in [1.82, 2.24) is 10.3 Å². The number of aromatic nitrogens is 1. The molecule has 4 rings (SSSR count). The van der Waals surface area contributed by atoms with Gasteiger partial charge in [0, 0.05) is 54.1 Å². The molecule has 29 heavy (non-hydrogen) atoms. The third-order valence-electron chi connectivity index (χ3n) is 5.89. The van der Waals surface area contributed by atoms with Gasteiger partial charge in [-0.1, -0.05) is 31.0 Å². The van der Waals surface area contributed by atoms with Gasteiger partial charge in [-0.3, -0.25) is 4.79 Å². The van der Waals surface area contributed by atoms with Gasteiger partial charge in [-0.05, 0) is 49.1 Å². The average Bonchev–Trinajstić information content (AvgIpc) is 3.17. The van der Waals surface area contributed by atoms with Gasteiger partial charge in [-0.15, -0.1) is 0 Å². The lowest BCUT2D eigenvalue weighted by Crippen LogP contribution is -2.26. The first-order valence-corrected chi connectivity index (χ1v) is 10.5. The van der Waals surface area contributed by atoms with Gasteiger partial charge in [-0.2, -0.15) is 0 Å². The molecule has 0 fully saturated rings. The summed E-state index contributed by atoms with van der Waals surface area (Å²) < 4.78 is 0. The third kappa shape index (κ3) is 4.30. The van der Waals surface area contributed by atoms with Crippen LogP contribution in [0.15, 0.2) is 48.7 Å². The molecule has 2 aromatic carbocycles. The van der Waals surface area contributed by atoms with Crippen molar-refractivity contribution >= 4 is 22.5 Å². The van der Waals surface area contributed by atoms with Crippen molar-refractivity contribution in [2.75, 3.05) is 25.0 Å². The number of aliphatic hydroxyl groups is 1. The first-order valence-electron chi connectivity index (χ1n) is 10.5. The number of anilines is 1. The van der Waals surface area contributed by atoms with E-state index < -0.39 is 6.10 Å². The summed E-state index contributed by atoms with van der Waals surface area (Å²) in [6, 6.07) is 13.9. The van der Waals surface area contributed by atoms with Crippen LogP contribution in [0.2, 0.25) is 0 Å². The summed E-state index contributed by atoms with van der Waals surface area (Å²) in [7, 11) is 2.05.